The smallest absolute Gasteiger partial charge is 0.305 e. The van der Waals surface area contributed by atoms with Gasteiger partial charge in [0.05, 0.1) is 25.4 Å². The molecule has 16 heavy (non-hydrogen) atoms. The summed E-state index contributed by atoms with van der Waals surface area (Å²) in [5.41, 5.74) is 8.99. The highest BCUT2D eigenvalue weighted by Crippen LogP contribution is 1.93. The molecule has 0 radical (unpaired) electrons. The van der Waals surface area contributed by atoms with Crippen LogP contribution in [0.15, 0.2) is 0 Å². The summed E-state index contributed by atoms with van der Waals surface area (Å²) in [6.07, 6.45) is 0.431. The minimum absolute atomic E-state index is 0.185. The van der Waals surface area contributed by atoms with Crippen molar-refractivity contribution in [3.63, 3.8) is 0 Å². The Bertz CT molecular complexity index is 165. The second-order valence-electron chi connectivity index (χ2n) is 3.20. The predicted octanol–water partition coefficient (Wildman–Crippen LogP) is -2.44. The molecule has 7 heteroatoms. The average Bonchev–Trinajstić information content (AvgIpc) is 2.35. The van der Waals surface area contributed by atoms with Gasteiger partial charge in [-0.05, 0) is 0 Å². The molecule has 0 aliphatic heterocycles. The number of ether oxygens (including phenoxy) is 1. The molecule has 7 nitrogen and oxygen atoms in total. The maximum atomic E-state index is 10.3. The zero-order valence-corrected chi connectivity index (χ0v) is 9.56. The van der Waals surface area contributed by atoms with Gasteiger partial charge >= 0.3 is 5.97 Å². The molecule has 0 spiro atoms. The largest absolute Gasteiger partial charge is 0.464 e. The Balaban J connectivity index is 0. The van der Waals surface area contributed by atoms with Gasteiger partial charge in [-0.1, -0.05) is 6.92 Å². The fourth-order valence-corrected chi connectivity index (χ4v) is 0.425. The van der Waals surface area contributed by atoms with Crippen LogP contribution < -0.4 is 11.5 Å². The highest BCUT2D eigenvalue weighted by atomic mass is 16.5. The van der Waals surface area contributed by atoms with Crippen molar-refractivity contribution in [2.45, 2.75) is 18.9 Å². The first-order chi connectivity index (χ1) is 7.49. The van der Waals surface area contributed by atoms with Crippen LogP contribution in [0.4, 0.5) is 0 Å². The molecule has 0 bridgehead atoms. The number of aliphatic hydroxyl groups excluding tert-OH is 3. The number of nitrogens with two attached hydrogens (primary N) is 2. The first kappa shape index (κ1) is 17.7. The Labute approximate surface area is 95.0 Å². The maximum absolute atomic E-state index is 10.3. The summed E-state index contributed by atoms with van der Waals surface area (Å²) in [7, 11) is 0. The molecular formula is C9H22N2O5. The number of hydrogen-bond donors (Lipinski definition) is 5. The lowest BCUT2D eigenvalue weighted by molar-refractivity contribution is -0.142. The van der Waals surface area contributed by atoms with E-state index in [2.05, 4.69) is 4.74 Å². The van der Waals surface area contributed by atoms with E-state index < -0.39 is 25.4 Å². The van der Waals surface area contributed by atoms with E-state index in [0.717, 1.165) is 0 Å². The molecule has 0 atom stereocenters. The Morgan fingerprint density at radius 3 is 1.88 bits per heavy atom. The van der Waals surface area contributed by atoms with Crippen molar-refractivity contribution >= 4 is 5.97 Å². The molecule has 0 fully saturated rings. The number of carbonyl (C=O) groups excluding carboxylic acids is 1. The van der Waals surface area contributed by atoms with E-state index in [-0.39, 0.29) is 5.97 Å². The van der Waals surface area contributed by atoms with Crippen LogP contribution >= 0.6 is 0 Å². The first-order valence-electron chi connectivity index (χ1n) is 4.96. The number of esters is 1. The van der Waals surface area contributed by atoms with Crippen LogP contribution in [0, 0.1) is 0 Å². The molecule has 0 heterocycles. The normalized spacial score (nSPS) is 10.4. The zero-order valence-electron chi connectivity index (χ0n) is 9.56. The van der Waals surface area contributed by atoms with Gasteiger partial charge < -0.3 is 31.5 Å². The Morgan fingerprint density at radius 2 is 1.69 bits per heavy atom. The summed E-state index contributed by atoms with van der Waals surface area (Å²) >= 11 is 0. The third-order valence-electron chi connectivity index (χ3n) is 1.61. The van der Waals surface area contributed by atoms with Crippen LogP contribution in [-0.2, 0) is 9.53 Å². The van der Waals surface area contributed by atoms with Gasteiger partial charge in [-0.15, -0.1) is 0 Å². The third-order valence-corrected chi connectivity index (χ3v) is 1.61. The fourth-order valence-electron chi connectivity index (χ4n) is 0.425. The Kier molecular flexibility index (Phi) is 11.9. The number of rotatable bonds is 6. The average molecular weight is 238 g/mol. The van der Waals surface area contributed by atoms with E-state index in [0.29, 0.717) is 19.6 Å². The molecule has 0 aromatic carbocycles. The SMILES string of the molecule is CCC(=O)OCCN.NC(CO)(CO)CO. The number of aliphatic hydroxyl groups is 3. The molecule has 0 saturated heterocycles. The number of carbonyl (C=O) groups is 1. The standard InChI is InChI=1S/C5H11NO2.C4H11NO3/c1-2-5(7)8-4-3-6;5-4(1-6,2-7)3-8/h2-4,6H2,1H3;6-8H,1-3,5H2. The van der Waals surface area contributed by atoms with Crippen LogP contribution in [0.1, 0.15) is 13.3 Å². The Morgan fingerprint density at radius 1 is 1.25 bits per heavy atom. The van der Waals surface area contributed by atoms with Crippen molar-refractivity contribution in [1.82, 2.24) is 0 Å². The molecule has 0 saturated carbocycles. The molecule has 0 rings (SSSR count). The van der Waals surface area contributed by atoms with Gasteiger partial charge in [-0.3, -0.25) is 4.79 Å². The van der Waals surface area contributed by atoms with E-state index in [1.165, 1.54) is 0 Å². The molecule has 0 aliphatic carbocycles. The second-order valence-corrected chi connectivity index (χ2v) is 3.20. The van der Waals surface area contributed by atoms with Crippen LogP contribution in [0.3, 0.4) is 0 Å². The van der Waals surface area contributed by atoms with Gasteiger partial charge in [0, 0.05) is 13.0 Å². The van der Waals surface area contributed by atoms with Crippen LogP contribution in [0.2, 0.25) is 0 Å². The molecule has 0 aromatic heterocycles. The van der Waals surface area contributed by atoms with Gasteiger partial charge in [0.2, 0.25) is 0 Å². The molecule has 98 valence electrons. The van der Waals surface area contributed by atoms with Crippen LogP contribution in [0.5, 0.6) is 0 Å². The van der Waals surface area contributed by atoms with Crippen molar-refractivity contribution < 1.29 is 24.9 Å². The topological polar surface area (TPSA) is 139 Å². The zero-order chi connectivity index (χ0) is 13.0. The number of hydrogen-bond acceptors (Lipinski definition) is 7. The lowest BCUT2D eigenvalue weighted by Crippen LogP contribution is -2.50. The highest BCUT2D eigenvalue weighted by Gasteiger charge is 2.20. The van der Waals surface area contributed by atoms with E-state index in [1.54, 1.807) is 6.92 Å². The lowest BCUT2D eigenvalue weighted by Gasteiger charge is -2.20. The quantitative estimate of drug-likeness (QED) is 0.324. The van der Waals surface area contributed by atoms with E-state index in [1.807, 2.05) is 0 Å². The molecular weight excluding hydrogens is 216 g/mol. The summed E-state index contributed by atoms with van der Waals surface area (Å²) in [4.78, 5) is 10.3. The first-order valence-corrected chi connectivity index (χ1v) is 4.96. The fraction of sp³-hybridized carbons (Fsp3) is 0.889. The van der Waals surface area contributed by atoms with Gasteiger partial charge in [0.25, 0.3) is 0 Å². The van der Waals surface area contributed by atoms with Gasteiger partial charge in [-0.25, -0.2) is 0 Å². The molecule has 0 amide bonds. The molecule has 0 unspecified atom stereocenters. The molecule has 0 aromatic rings. The maximum Gasteiger partial charge on any atom is 0.305 e. The van der Waals surface area contributed by atoms with Gasteiger partial charge in [-0.2, -0.15) is 0 Å². The van der Waals surface area contributed by atoms with E-state index in [9.17, 15) is 4.79 Å². The minimum Gasteiger partial charge on any atom is -0.464 e. The van der Waals surface area contributed by atoms with Gasteiger partial charge in [0.1, 0.15) is 6.61 Å². The summed E-state index contributed by atoms with van der Waals surface area (Å²) in [5, 5.41) is 25.0. The summed E-state index contributed by atoms with van der Waals surface area (Å²) in [6.45, 7) is 1.29. The lowest BCUT2D eigenvalue weighted by atomic mass is 10.1. The van der Waals surface area contributed by atoms with Crippen LogP contribution in [-0.4, -0.2) is 59.8 Å². The molecule has 0 aliphatic rings. The summed E-state index contributed by atoms with van der Waals surface area (Å²) in [6, 6.07) is 0. The summed E-state index contributed by atoms with van der Waals surface area (Å²) in [5.74, 6) is -0.185. The van der Waals surface area contributed by atoms with Crippen molar-refractivity contribution in [3.05, 3.63) is 0 Å². The third kappa shape index (κ3) is 9.81. The molecule has 7 N–H and O–H groups in total. The van der Waals surface area contributed by atoms with E-state index >= 15 is 0 Å². The van der Waals surface area contributed by atoms with E-state index in [4.69, 9.17) is 26.8 Å². The van der Waals surface area contributed by atoms with Gasteiger partial charge in [0.15, 0.2) is 0 Å². The van der Waals surface area contributed by atoms with Crippen molar-refractivity contribution in [2.24, 2.45) is 11.5 Å². The Hall–Kier alpha value is -0.730. The van der Waals surface area contributed by atoms with Crippen molar-refractivity contribution in [1.29, 1.82) is 0 Å². The predicted molar refractivity (Wildman–Crippen MR) is 58.5 cm³/mol. The summed E-state index contributed by atoms with van der Waals surface area (Å²) < 4.78 is 4.58. The second kappa shape index (κ2) is 10.8. The highest BCUT2D eigenvalue weighted by molar-refractivity contribution is 5.68. The minimum atomic E-state index is -1.21. The van der Waals surface area contributed by atoms with Crippen LogP contribution in [0.25, 0.3) is 0 Å². The van der Waals surface area contributed by atoms with Crippen molar-refractivity contribution in [3.8, 4) is 0 Å². The monoisotopic (exact) mass is 238 g/mol. The van der Waals surface area contributed by atoms with Crippen molar-refractivity contribution in [2.75, 3.05) is 33.0 Å².